The van der Waals surface area contributed by atoms with Crippen molar-refractivity contribution in [2.75, 3.05) is 26.7 Å². The lowest BCUT2D eigenvalue weighted by molar-refractivity contribution is 0.288. The maximum atomic E-state index is 13.9. The van der Waals surface area contributed by atoms with Crippen LogP contribution in [0.3, 0.4) is 0 Å². The van der Waals surface area contributed by atoms with Crippen molar-refractivity contribution in [3.8, 4) is 0 Å². The number of benzene rings is 1. The Morgan fingerprint density at radius 2 is 1.81 bits per heavy atom. The summed E-state index contributed by atoms with van der Waals surface area (Å²) in [7, 11) is 2.08. The van der Waals surface area contributed by atoms with E-state index >= 15 is 0 Å². The van der Waals surface area contributed by atoms with Gasteiger partial charge in [0.1, 0.15) is 0 Å². The standard InChI is InChI=1S/C17H28F2N2/c1-5-20-16(10-12-21(4)11-9-13(2)3)14-7-6-8-15(18)17(14)19/h6-8,13,16,20H,5,9-12H2,1-4H3. The number of nitrogens with zero attached hydrogens (tertiary/aromatic N) is 1. The third-order valence-electron chi connectivity index (χ3n) is 3.70. The topological polar surface area (TPSA) is 15.3 Å². The number of hydrogen-bond donors (Lipinski definition) is 1. The molecule has 4 heteroatoms. The van der Waals surface area contributed by atoms with Gasteiger partial charge in [0.15, 0.2) is 11.6 Å². The summed E-state index contributed by atoms with van der Waals surface area (Å²) < 4.78 is 27.3. The van der Waals surface area contributed by atoms with E-state index in [1.54, 1.807) is 12.1 Å². The summed E-state index contributed by atoms with van der Waals surface area (Å²) in [6.07, 6.45) is 1.92. The van der Waals surface area contributed by atoms with Crippen molar-refractivity contribution >= 4 is 0 Å². The molecule has 0 bridgehead atoms. The third-order valence-corrected chi connectivity index (χ3v) is 3.70. The minimum Gasteiger partial charge on any atom is -0.310 e. The molecule has 120 valence electrons. The fourth-order valence-electron chi connectivity index (χ4n) is 2.34. The maximum Gasteiger partial charge on any atom is 0.163 e. The molecule has 2 nitrogen and oxygen atoms in total. The fraction of sp³-hybridized carbons (Fsp3) is 0.647. The van der Waals surface area contributed by atoms with E-state index in [1.807, 2.05) is 6.92 Å². The molecule has 0 radical (unpaired) electrons. The lowest BCUT2D eigenvalue weighted by atomic mass is 10.0. The first-order valence-corrected chi connectivity index (χ1v) is 7.81. The van der Waals surface area contributed by atoms with Crippen LogP contribution in [0.15, 0.2) is 18.2 Å². The summed E-state index contributed by atoms with van der Waals surface area (Å²) in [5.74, 6) is -0.825. The zero-order valence-corrected chi connectivity index (χ0v) is 13.6. The van der Waals surface area contributed by atoms with E-state index in [0.717, 1.165) is 38.5 Å². The van der Waals surface area contributed by atoms with Crippen molar-refractivity contribution in [3.05, 3.63) is 35.4 Å². The second-order valence-electron chi connectivity index (χ2n) is 6.03. The third kappa shape index (κ3) is 6.10. The molecule has 0 saturated carbocycles. The lowest BCUT2D eigenvalue weighted by Crippen LogP contribution is -2.29. The summed E-state index contributed by atoms with van der Waals surface area (Å²) in [6, 6.07) is 4.25. The van der Waals surface area contributed by atoms with Gasteiger partial charge in [0.25, 0.3) is 0 Å². The highest BCUT2D eigenvalue weighted by atomic mass is 19.2. The molecule has 0 amide bonds. The van der Waals surface area contributed by atoms with Crippen LogP contribution in [-0.2, 0) is 0 Å². The Labute approximate surface area is 127 Å². The van der Waals surface area contributed by atoms with Crippen LogP contribution < -0.4 is 5.32 Å². The number of halogens is 2. The van der Waals surface area contributed by atoms with Crippen LogP contribution in [0.4, 0.5) is 8.78 Å². The van der Waals surface area contributed by atoms with Crippen LogP contribution in [-0.4, -0.2) is 31.6 Å². The second kappa shape index (κ2) is 9.11. The van der Waals surface area contributed by atoms with E-state index in [4.69, 9.17) is 0 Å². The summed E-state index contributed by atoms with van der Waals surface area (Å²) in [5.41, 5.74) is 0.425. The van der Waals surface area contributed by atoms with Crippen LogP contribution in [0.2, 0.25) is 0 Å². The molecule has 1 N–H and O–H groups in total. The van der Waals surface area contributed by atoms with Crippen molar-refractivity contribution in [1.29, 1.82) is 0 Å². The highest BCUT2D eigenvalue weighted by Crippen LogP contribution is 2.22. The average Bonchev–Trinajstić information content (AvgIpc) is 2.44. The van der Waals surface area contributed by atoms with Crippen molar-refractivity contribution < 1.29 is 8.78 Å². The second-order valence-corrected chi connectivity index (χ2v) is 6.03. The summed E-state index contributed by atoms with van der Waals surface area (Å²) in [4.78, 5) is 2.25. The monoisotopic (exact) mass is 298 g/mol. The molecular weight excluding hydrogens is 270 g/mol. The fourth-order valence-corrected chi connectivity index (χ4v) is 2.34. The molecule has 21 heavy (non-hydrogen) atoms. The van der Waals surface area contributed by atoms with E-state index in [0.29, 0.717) is 11.5 Å². The Morgan fingerprint density at radius 1 is 1.14 bits per heavy atom. The van der Waals surface area contributed by atoms with Gasteiger partial charge in [-0.25, -0.2) is 8.78 Å². The smallest absolute Gasteiger partial charge is 0.163 e. The molecule has 0 spiro atoms. The average molecular weight is 298 g/mol. The van der Waals surface area contributed by atoms with Crippen molar-refractivity contribution in [3.63, 3.8) is 0 Å². The molecule has 0 fully saturated rings. The van der Waals surface area contributed by atoms with Crippen LogP contribution in [0.25, 0.3) is 0 Å². The van der Waals surface area contributed by atoms with Gasteiger partial charge in [-0.15, -0.1) is 0 Å². The zero-order chi connectivity index (χ0) is 15.8. The van der Waals surface area contributed by atoms with E-state index in [9.17, 15) is 8.78 Å². The summed E-state index contributed by atoms with van der Waals surface area (Å²) in [5, 5.41) is 3.25. The minimum absolute atomic E-state index is 0.146. The molecule has 0 aliphatic heterocycles. The predicted molar refractivity (Wildman–Crippen MR) is 84.3 cm³/mol. The SMILES string of the molecule is CCNC(CCN(C)CCC(C)C)c1cccc(F)c1F. The Bertz CT molecular complexity index is 421. The molecular formula is C17H28F2N2. The van der Waals surface area contributed by atoms with Gasteiger partial charge in [0.05, 0.1) is 0 Å². The van der Waals surface area contributed by atoms with Gasteiger partial charge in [-0.2, -0.15) is 0 Å². The molecule has 0 saturated heterocycles. The van der Waals surface area contributed by atoms with Crippen molar-refractivity contribution in [2.24, 2.45) is 5.92 Å². The normalized spacial score (nSPS) is 13.1. The van der Waals surface area contributed by atoms with Gasteiger partial charge in [-0.3, -0.25) is 0 Å². The molecule has 1 unspecified atom stereocenters. The van der Waals surface area contributed by atoms with Gasteiger partial charge >= 0.3 is 0 Å². The first kappa shape index (κ1) is 18.1. The summed E-state index contributed by atoms with van der Waals surface area (Å²) in [6.45, 7) is 9.01. The summed E-state index contributed by atoms with van der Waals surface area (Å²) >= 11 is 0. The number of nitrogens with one attached hydrogen (secondary N) is 1. The molecule has 1 aromatic rings. The van der Waals surface area contributed by atoms with Crippen molar-refractivity contribution in [2.45, 2.75) is 39.7 Å². The van der Waals surface area contributed by atoms with E-state index < -0.39 is 11.6 Å². The van der Waals surface area contributed by atoms with Gasteiger partial charge in [-0.1, -0.05) is 32.9 Å². The predicted octanol–water partition coefficient (Wildman–Crippen LogP) is 3.98. The van der Waals surface area contributed by atoms with Gasteiger partial charge < -0.3 is 10.2 Å². The van der Waals surface area contributed by atoms with Gasteiger partial charge in [0.2, 0.25) is 0 Å². The van der Waals surface area contributed by atoms with Gasteiger partial charge in [0, 0.05) is 11.6 Å². The Kier molecular flexibility index (Phi) is 7.83. The largest absolute Gasteiger partial charge is 0.310 e. The van der Waals surface area contributed by atoms with Crippen LogP contribution in [0, 0.1) is 17.6 Å². The Morgan fingerprint density at radius 3 is 2.43 bits per heavy atom. The van der Waals surface area contributed by atoms with Crippen LogP contribution in [0.5, 0.6) is 0 Å². The highest BCUT2D eigenvalue weighted by molar-refractivity contribution is 5.22. The van der Waals surface area contributed by atoms with E-state index in [1.165, 1.54) is 0 Å². The molecule has 1 rings (SSSR count). The lowest BCUT2D eigenvalue weighted by Gasteiger charge is -2.23. The first-order valence-electron chi connectivity index (χ1n) is 7.81. The van der Waals surface area contributed by atoms with Crippen LogP contribution >= 0.6 is 0 Å². The van der Waals surface area contributed by atoms with E-state index in [-0.39, 0.29) is 6.04 Å². The van der Waals surface area contributed by atoms with Crippen LogP contribution in [0.1, 0.15) is 45.2 Å². The Hall–Kier alpha value is -1.00. The molecule has 0 aromatic heterocycles. The van der Waals surface area contributed by atoms with E-state index in [2.05, 4.69) is 31.1 Å². The molecule has 0 aliphatic carbocycles. The molecule has 1 aromatic carbocycles. The molecule has 1 atom stereocenters. The quantitative estimate of drug-likeness (QED) is 0.742. The number of rotatable bonds is 9. The number of hydrogen-bond acceptors (Lipinski definition) is 2. The van der Waals surface area contributed by atoms with Crippen molar-refractivity contribution in [1.82, 2.24) is 10.2 Å². The minimum atomic E-state index is -0.774. The first-order chi connectivity index (χ1) is 9.95. The highest BCUT2D eigenvalue weighted by Gasteiger charge is 2.17. The molecule has 0 aliphatic rings. The molecule has 0 heterocycles. The zero-order valence-electron chi connectivity index (χ0n) is 13.6. The maximum absolute atomic E-state index is 13.9. The van der Waals surface area contributed by atoms with Gasteiger partial charge in [-0.05, 0) is 51.5 Å². The Balaban J connectivity index is 2.63.